The second kappa shape index (κ2) is 8.67. The molecule has 0 aliphatic heterocycles. The van der Waals surface area contributed by atoms with Crippen molar-refractivity contribution in [2.24, 2.45) is 5.41 Å². The number of benzene rings is 1. The van der Waals surface area contributed by atoms with E-state index in [4.69, 9.17) is 9.72 Å². The third-order valence-corrected chi connectivity index (χ3v) is 6.16. The second-order valence-corrected chi connectivity index (χ2v) is 11.3. The topological polar surface area (TPSA) is 55.6 Å². The molecule has 5 nitrogen and oxygen atoms in total. The summed E-state index contributed by atoms with van der Waals surface area (Å²) in [6, 6.07) is 15.3. The van der Waals surface area contributed by atoms with Crippen molar-refractivity contribution in [3.63, 3.8) is 0 Å². The number of fused-ring (bicyclic) bond motifs is 1. The highest BCUT2D eigenvalue weighted by Crippen LogP contribution is 2.36. The lowest BCUT2D eigenvalue weighted by atomic mass is 9.82. The zero-order valence-electron chi connectivity index (χ0n) is 20.1. The Hall–Kier alpha value is -3.12. The van der Waals surface area contributed by atoms with E-state index < -0.39 is 0 Å². The zero-order chi connectivity index (χ0) is 23.8. The second-order valence-electron chi connectivity index (χ2n) is 10.3. The van der Waals surface area contributed by atoms with Crippen LogP contribution in [0.1, 0.15) is 56.3 Å². The first-order valence-electron chi connectivity index (χ1n) is 11.1. The summed E-state index contributed by atoms with van der Waals surface area (Å²) in [6.07, 6.45) is 3.02. The molecule has 0 bridgehead atoms. The SMILES string of the molecule is Cc1cccn2c(NC(C)(C)CC(C)(C)C)c(-c3cccc(OC(=O)c4cccs4)c3)nc12. The number of thiophene rings is 1. The number of nitrogens with zero attached hydrogens (tertiary/aromatic N) is 2. The Morgan fingerprint density at radius 2 is 1.88 bits per heavy atom. The molecular weight excluding hydrogens is 430 g/mol. The van der Waals surface area contributed by atoms with Crippen molar-refractivity contribution in [1.29, 1.82) is 0 Å². The van der Waals surface area contributed by atoms with Gasteiger partial charge in [0.15, 0.2) is 0 Å². The smallest absolute Gasteiger partial charge is 0.353 e. The number of carbonyl (C=O) groups excluding carboxylic acids is 1. The molecular formula is C27H31N3O2S. The standard InChI is InChI=1S/C27H31N3O2S/c1-18-10-8-14-30-23(18)28-22(24(30)29-27(5,6)17-26(2,3)4)19-11-7-12-20(16-19)32-25(31)21-13-9-15-33-21/h7-16,29H,17H2,1-6H3. The number of rotatable bonds is 6. The molecule has 1 aromatic carbocycles. The Morgan fingerprint density at radius 1 is 1.09 bits per heavy atom. The van der Waals surface area contributed by atoms with Crippen LogP contribution in [0.4, 0.5) is 5.82 Å². The van der Waals surface area contributed by atoms with Crippen LogP contribution in [0, 0.1) is 12.3 Å². The lowest BCUT2D eigenvalue weighted by Gasteiger charge is -2.34. The van der Waals surface area contributed by atoms with E-state index >= 15 is 0 Å². The van der Waals surface area contributed by atoms with Gasteiger partial charge in [-0.2, -0.15) is 0 Å². The number of aryl methyl sites for hydroxylation is 1. The molecule has 0 atom stereocenters. The first-order chi connectivity index (χ1) is 15.5. The van der Waals surface area contributed by atoms with Gasteiger partial charge in [-0.25, -0.2) is 9.78 Å². The van der Waals surface area contributed by atoms with E-state index in [1.807, 2.05) is 41.9 Å². The highest BCUT2D eigenvalue weighted by atomic mass is 32.1. The van der Waals surface area contributed by atoms with Gasteiger partial charge in [0.1, 0.15) is 27.8 Å². The van der Waals surface area contributed by atoms with Crippen LogP contribution >= 0.6 is 11.3 Å². The number of hydrogen-bond acceptors (Lipinski definition) is 5. The van der Waals surface area contributed by atoms with Crippen molar-refractivity contribution < 1.29 is 9.53 Å². The van der Waals surface area contributed by atoms with Crippen LogP contribution in [0.2, 0.25) is 0 Å². The van der Waals surface area contributed by atoms with Crippen LogP contribution in [0.3, 0.4) is 0 Å². The molecule has 0 aliphatic rings. The number of nitrogens with one attached hydrogen (secondary N) is 1. The van der Waals surface area contributed by atoms with Gasteiger partial charge in [-0.05, 0) is 67.8 Å². The number of imidazole rings is 1. The third kappa shape index (κ3) is 5.28. The zero-order valence-corrected chi connectivity index (χ0v) is 20.9. The molecule has 4 rings (SSSR count). The van der Waals surface area contributed by atoms with Crippen LogP contribution in [0.25, 0.3) is 16.9 Å². The van der Waals surface area contributed by atoms with Gasteiger partial charge in [-0.3, -0.25) is 4.40 Å². The van der Waals surface area contributed by atoms with Crippen LogP contribution in [-0.4, -0.2) is 20.9 Å². The molecule has 4 aromatic rings. The highest BCUT2D eigenvalue weighted by molar-refractivity contribution is 7.12. The van der Waals surface area contributed by atoms with Gasteiger partial charge < -0.3 is 10.1 Å². The first kappa shape index (κ1) is 23.1. The average molecular weight is 462 g/mol. The van der Waals surface area contributed by atoms with Gasteiger partial charge in [0.2, 0.25) is 0 Å². The van der Waals surface area contributed by atoms with Gasteiger partial charge in [-0.1, -0.05) is 45.0 Å². The lowest BCUT2D eigenvalue weighted by molar-refractivity contribution is 0.0740. The van der Waals surface area contributed by atoms with Crippen LogP contribution < -0.4 is 10.1 Å². The molecule has 0 unspecified atom stereocenters. The number of ether oxygens (including phenoxy) is 1. The van der Waals surface area contributed by atoms with Crippen LogP contribution in [-0.2, 0) is 0 Å². The molecule has 0 fully saturated rings. The first-order valence-corrected chi connectivity index (χ1v) is 12.0. The van der Waals surface area contributed by atoms with Crippen molar-refractivity contribution in [3.8, 4) is 17.0 Å². The monoisotopic (exact) mass is 461 g/mol. The summed E-state index contributed by atoms with van der Waals surface area (Å²) in [7, 11) is 0. The van der Waals surface area contributed by atoms with E-state index in [1.54, 1.807) is 12.1 Å². The van der Waals surface area contributed by atoms with E-state index in [1.165, 1.54) is 11.3 Å². The van der Waals surface area contributed by atoms with Crippen LogP contribution in [0.5, 0.6) is 5.75 Å². The van der Waals surface area contributed by atoms with Crippen molar-refractivity contribution in [2.75, 3.05) is 5.32 Å². The molecule has 0 amide bonds. The maximum absolute atomic E-state index is 12.5. The van der Waals surface area contributed by atoms with Gasteiger partial charge >= 0.3 is 5.97 Å². The Kier molecular flexibility index (Phi) is 6.06. The highest BCUT2D eigenvalue weighted by Gasteiger charge is 2.28. The van der Waals surface area contributed by atoms with E-state index in [0.29, 0.717) is 10.6 Å². The molecule has 3 heterocycles. The molecule has 172 valence electrons. The predicted molar refractivity (Wildman–Crippen MR) is 136 cm³/mol. The largest absolute Gasteiger partial charge is 0.422 e. The molecule has 33 heavy (non-hydrogen) atoms. The number of hydrogen-bond donors (Lipinski definition) is 1. The van der Waals surface area contributed by atoms with Gasteiger partial charge in [0, 0.05) is 17.3 Å². The Morgan fingerprint density at radius 3 is 2.58 bits per heavy atom. The number of carbonyl (C=O) groups is 1. The van der Waals surface area contributed by atoms with Crippen molar-refractivity contribution in [3.05, 3.63) is 70.5 Å². The summed E-state index contributed by atoms with van der Waals surface area (Å²) in [5, 5.41) is 5.63. The summed E-state index contributed by atoms with van der Waals surface area (Å²) in [5.74, 6) is 1.09. The molecule has 0 saturated carbocycles. The Labute approximate surface area is 199 Å². The summed E-state index contributed by atoms with van der Waals surface area (Å²) < 4.78 is 7.75. The maximum Gasteiger partial charge on any atom is 0.353 e. The van der Waals surface area contributed by atoms with E-state index in [-0.39, 0.29) is 16.9 Å². The van der Waals surface area contributed by atoms with E-state index in [0.717, 1.165) is 34.7 Å². The lowest BCUT2D eigenvalue weighted by Crippen LogP contribution is -2.36. The number of pyridine rings is 1. The van der Waals surface area contributed by atoms with Gasteiger partial charge in [0.05, 0.1) is 0 Å². The number of esters is 1. The quantitative estimate of drug-likeness (QED) is 0.243. The summed E-state index contributed by atoms with van der Waals surface area (Å²) in [4.78, 5) is 18.0. The van der Waals surface area contributed by atoms with Gasteiger partial charge in [-0.15, -0.1) is 11.3 Å². The fourth-order valence-corrected chi connectivity index (χ4v) is 5.07. The fourth-order valence-electron chi connectivity index (χ4n) is 4.47. The van der Waals surface area contributed by atoms with E-state index in [9.17, 15) is 4.79 Å². The normalized spacial score (nSPS) is 12.2. The Bertz CT molecular complexity index is 1280. The maximum atomic E-state index is 12.5. The average Bonchev–Trinajstić information content (AvgIpc) is 3.36. The number of aromatic nitrogens is 2. The van der Waals surface area contributed by atoms with Crippen molar-refractivity contribution in [2.45, 2.75) is 53.5 Å². The Balaban J connectivity index is 1.75. The van der Waals surface area contributed by atoms with Crippen LogP contribution in [0.15, 0.2) is 60.1 Å². The minimum Gasteiger partial charge on any atom is -0.422 e. The minimum atomic E-state index is -0.349. The summed E-state index contributed by atoms with van der Waals surface area (Å²) in [6.45, 7) is 13.3. The summed E-state index contributed by atoms with van der Waals surface area (Å²) in [5.41, 5.74) is 3.74. The predicted octanol–water partition coefficient (Wildman–Crippen LogP) is 7.22. The van der Waals surface area contributed by atoms with Crippen molar-refractivity contribution >= 4 is 28.8 Å². The van der Waals surface area contributed by atoms with Crippen molar-refractivity contribution in [1.82, 2.24) is 9.38 Å². The summed E-state index contributed by atoms with van der Waals surface area (Å²) >= 11 is 1.37. The molecule has 6 heteroatoms. The molecule has 3 aromatic heterocycles. The molecule has 0 aliphatic carbocycles. The molecule has 0 spiro atoms. The minimum absolute atomic E-state index is 0.157. The van der Waals surface area contributed by atoms with Gasteiger partial charge in [0.25, 0.3) is 0 Å². The molecule has 1 N–H and O–H groups in total. The molecule has 0 saturated heterocycles. The number of anilines is 1. The molecule has 0 radical (unpaired) electrons. The fraction of sp³-hybridized carbons (Fsp3) is 0.333. The van der Waals surface area contributed by atoms with E-state index in [2.05, 4.69) is 57.3 Å². The third-order valence-electron chi connectivity index (χ3n) is 5.31.